The summed E-state index contributed by atoms with van der Waals surface area (Å²) < 4.78 is 2.34. The highest BCUT2D eigenvalue weighted by Crippen LogP contribution is 2.41. The molecule has 0 atom stereocenters. The van der Waals surface area contributed by atoms with Gasteiger partial charge in [0.25, 0.3) is 0 Å². The standard InChI is InChI=1S/C15H17N3/c1-3-11-4-2-8-17-15(11)13(5-1)14-9-16-10-18(14)12-6-7-12/h1,3,5,9-10,12,17H,2,4,6-8H2. The molecule has 4 rings (SSSR count). The molecule has 1 aliphatic carbocycles. The number of para-hydroxylation sites is 1. The Bertz CT molecular complexity index is 581. The molecule has 0 amide bonds. The topological polar surface area (TPSA) is 29.9 Å². The molecule has 1 aromatic carbocycles. The number of benzene rings is 1. The summed E-state index contributed by atoms with van der Waals surface area (Å²) in [7, 11) is 0. The quantitative estimate of drug-likeness (QED) is 0.872. The van der Waals surface area contributed by atoms with E-state index in [1.807, 2.05) is 12.5 Å². The van der Waals surface area contributed by atoms with Crippen LogP contribution in [0.3, 0.4) is 0 Å². The fraction of sp³-hybridized carbons (Fsp3) is 0.400. The van der Waals surface area contributed by atoms with Crippen LogP contribution < -0.4 is 5.32 Å². The van der Waals surface area contributed by atoms with Crippen molar-refractivity contribution in [2.45, 2.75) is 31.7 Å². The molecular weight excluding hydrogens is 222 g/mol. The summed E-state index contributed by atoms with van der Waals surface area (Å²) in [5.41, 5.74) is 5.36. The van der Waals surface area contributed by atoms with E-state index in [0.717, 1.165) is 6.54 Å². The molecule has 0 unspecified atom stereocenters. The van der Waals surface area contributed by atoms with Gasteiger partial charge in [0.05, 0.1) is 18.2 Å². The van der Waals surface area contributed by atoms with Gasteiger partial charge >= 0.3 is 0 Å². The van der Waals surface area contributed by atoms with Crippen LogP contribution >= 0.6 is 0 Å². The minimum absolute atomic E-state index is 0.682. The van der Waals surface area contributed by atoms with E-state index in [9.17, 15) is 0 Å². The first-order valence-corrected chi connectivity index (χ1v) is 6.81. The molecule has 2 aromatic rings. The second-order valence-electron chi connectivity index (χ2n) is 5.29. The van der Waals surface area contributed by atoms with Crippen LogP contribution in [0.15, 0.2) is 30.7 Å². The van der Waals surface area contributed by atoms with Crippen molar-refractivity contribution in [1.82, 2.24) is 9.55 Å². The maximum atomic E-state index is 4.34. The normalized spacial score (nSPS) is 18.2. The van der Waals surface area contributed by atoms with Crippen LogP contribution in [-0.4, -0.2) is 16.1 Å². The van der Waals surface area contributed by atoms with Crippen molar-refractivity contribution in [3.8, 4) is 11.3 Å². The Kier molecular flexibility index (Phi) is 2.19. The predicted octanol–water partition coefficient (Wildman–Crippen LogP) is 3.24. The molecule has 0 bridgehead atoms. The van der Waals surface area contributed by atoms with Crippen LogP contribution in [0.5, 0.6) is 0 Å². The van der Waals surface area contributed by atoms with E-state index in [-0.39, 0.29) is 0 Å². The minimum atomic E-state index is 0.682. The number of nitrogens with one attached hydrogen (secondary N) is 1. The van der Waals surface area contributed by atoms with Gasteiger partial charge in [-0.25, -0.2) is 4.98 Å². The molecule has 3 heteroatoms. The van der Waals surface area contributed by atoms with Gasteiger partial charge in [-0.1, -0.05) is 18.2 Å². The van der Waals surface area contributed by atoms with Gasteiger partial charge in [-0.2, -0.15) is 0 Å². The number of hydrogen-bond acceptors (Lipinski definition) is 2. The van der Waals surface area contributed by atoms with Crippen molar-refractivity contribution < 1.29 is 0 Å². The molecule has 0 spiro atoms. The Morgan fingerprint density at radius 1 is 1.28 bits per heavy atom. The van der Waals surface area contributed by atoms with Crippen molar-refractivity contribution in [2.24, 2.45) is 0 Å². The van der Waals surface area contributed by atoms with E-state index in [4.69, 9.17) is 0 Å². The number of aromatic nitrogens is 2. The Labute approximate surface area is 107 Å². The largest absolute Gasteiger partial charge is 0.384 e. The zero-order chi connectivity index (χ0) is 11.9. The van der Waals surface area contributed by atoms with Crippen LogP contribution in [0.1, 0.15) is 30.9 Å². The number of nitrogens with zero attached hydrogens (tertiary/aromatic N) is 2. The summed E-state index contributed by atoms with van der Waals surface area (Å²) in [4.78, 5) is 4.34. The van der Waals surface area contributed by atoms with Crippen LogP contribution in [0, 0.1) is 0 Å². The van der Waals surface area contributed by atoms with E-state index < -0.39 is 0 Å². The second-order valence-corrected chi connectivity index (χ2v) is 5.29. The Hall–Kier alpha value is -1.77. The van der Waals surface area contributed by atoms with E-state index in [2.05, 4.69) is 33.1 Å². The number of aryl methyl sites for hydroxylation is 1. The summed E-state index contributed by atoms with van der Waals surface area (Å²) in [5, 5.41) is 3.56. The fourth-order valence-corrected chi connectivity index (χ4v) is 2.88. The average molecular weight is 239 g/mol. The van der Waals surface area contributed by atoms with E-state index >= 15 is 0 Å². The molecule has 0 saturated heterocycles. The number of fused-ring (bicyclic) bond motifs is 1. The third-order valence-corrected chi connectivity index (χ3v) is 3.96. The highest BCUT2D eigenvalue weighted by Gasteiger charge is 2.26. The van der Waals surface area contributed by atoms with Gasteiger partial charge in [0.15, 0.2) is 0 Å². The third-order valence-electron chi connectivity index (χ3n) is 3.96. The summed E-state index contributed by atoms with van der Waals surface area (Å²) in [6.45, 7) is 1.08. The molecule has 2 aliphatic rings. The SMILES string of the molecule is c1cc2c(c(-c3cncn3C3CC3)c1)NCCC2. The third kappa shape index (κ3) is 1.54. The Morgan fingerprint density at radius 2 is 2.22 bits per heavy atom. The zero-order valence-electron chi connectivity index (χ0n) is 10.4. The van der Waals surface area contributed by atoms with Crippen molar-refractivity contribution >= 4 is 5.69 Å². The highest BCUT2D eigenvalue weighted by molar-refractivity contribution is 5.79. The number of hydrogen-bond donors (Lipinski definition) is 1. The first-order valence-electron chi connectivity index (χ1n) is 6.81. The van der Waals surface area contributed by atoms with Crippen LogP contribution in [-0.2, 0) is 6.42 Å². The number of imidazole rings is 1. The minimum Gasteiger partial charge on any atom is -0.384 e. The van der Waals surface area contributed by atoms with E-state index in [1.165, 1.54) is 48.2 Å². The lowest BCUT2D eigenvalue weighted by Crippen LogP contribution is -2.13. The second kappa shape index (κ2) is 3.87. The lowest BCUT2D eigenvalue weighted by molar-refractivity contribution is 0.747. The van der Waals surface area contributed by atoms with Crippen molar-refractivity contribution in [1.29, 1.82) is 0 Å². The van der Waals surface area contributed by atoms with E-state index in [1.54, 1.807) is 0 Å². The smallest absolute Gasteiger partial charge is 0.0953 e. The Morgan fingerprint density at radius 3 is 3.11 bits per heavy atom. The van der Waals surface area contributed by atoms with Crippen LogP contribution in [0.4, 0.5) is 5.69 Å². The number of rotatable bonds is 2. The van der Waals surface area contributed by atoms with Crippen molar-refractivity contribution in [3.05, 3.63) is 36.3 Å². The van der Waals surface area contributed by atoms with Gasteiger partial charge in [-0.3, -0.25) is 0 Å². The molecule has 0 radical (unpaired) electrons. The van der Waals surface area contributed by atoms with Gasteiger partial charge in [-0.15, -0.1) is 0 Å². The average Bonchev–Trinajstić information content (AvgIpc) is 3.16. The summed E-state index contributed by atoms with van der Waals surface area (Å²) in [6, 6.07) is 7.31. The molecule has 1 aromatic heterocycles. The summed E-state index contributed by atoms with van der Waals surface area (Å²) >= 11 is 0. The summed E-state index contributed by atoms with van der Waals surface area (Å²) in [5.74, 6) is 0. The van der Waals surface area contributed by atoms with Crippen molar-refractivity contribution in [2.75, 3.05) is 11.9 Å². The lowest BCUT2D eigenvalue weighted by Gasteiger charge is -2.21. The molecular formula is C15H17N3. The molecule has 2 heterocycles. The van der Waals surface area contributed by atoms with Crippen LogP contribution in [0.25, 0.3) is 11.3 Å². The van der Waals surface area contributed by atoms with Gasteiger partial charge in [-0.05, 0) is 31.2 Å². The van der Waals surface area contributed by atoms with Gasteiger partial charge in [0, 0.05) is 23.8 Å². The molecule has 1 aliphatic heterocycles. The fourth-order valence-electron chi connectivity index (χ4n) is 2.88. The molecule has 3 nitrogen and oxygen atoms in total. The highest BCUT2D eigenvalue weighted by atomic mass is 15.1. The first-order chi connectivity index (χ1) is 8.93. The van der Waals surface area contributed by atoms with Gasteiger partial charge < -0.3 is 9.88 Å². The maximum Gasteiger partial charge on any atom is 0.0953 e. The molecule has 1 N–H and O–H groups in total. The predicted molar refractivity (Wildman–Crippen MR) is 72.7 cm³/mol. The van der Waals surface area contributed by atoms with Gasteiger partial charge in [0.2, 0.25) is 0 Å². The monoisotopic (exact) mass is 239 g/mol. The Balaban J connectivity index is 1.86. The van der Waals surface area contributed by atoms with E-state index in [0.29, 0.717) is 6.04 Å². The number of anilines is 1. The summed E-state index contributed by atoms with van der Waals surface area (Å²) in [6.07, 6.45) is 9.00. The molecule has 1 saturated carbocycles. The molecule has 1 fully saturated rings. The maximum absolute atomic E-state index is 4.34. The van der Waals surface area contributed by atoms with Gasteiger partial charge in [0.1, 0.15) is 0 Å². The molecule has 18 heavy (non-hydrogen) atoms. The molecule has 92 valence electrons. The zero-order valence-corrected chi connectivity index (χ0v) is 10.4. The lowest BCUT2D eigenvalue weighted by atomic mass is 9.98. The van der Waals surface area contributed by atoms with Crippen molar-refractivity contribution in [3.63, 3.8) is 0 Å². The first kappa shape index (κ1) is 10.2. The van der Waals surface area contributed by atoms with Crippen LogP contribution in [0.2, 0.25) is 0 Å².